The zero-order valence-electron chi connectivity index (χ0n) is 17.4. The molecule has 0 unspecified atom stereocenters. The van der Waals surface area contributed by atoms with Gasteiger partial charge >= 0.3 is 0 Å². The monoisotopic (exact) mass is 443 g/mol. The van der Waals surface area contributed by atoms with Gasteiger partial charge < -0.3 is 14.8 Å². The number of fused-ring (bicyclic) bond motifs is 1. The van der Waals surface area contributed by atoms with Crippen LogP contribution in [0.15, 0.2) is 29.0 Å². The van der Waals surface area contributed by atoms with E-state index in [0.29, 0.717) is 11.4 Å². The zero-order valence-corrected chi connectivity index (χ0v) is 19.0. The molecular formula is C22H25N3O3S2. The summed E-state index contributed by atoms with van der Waals surface area (Å²) >= 11 is 3.09. The number of amides is 1. The Hall–Kier alpha value is -2.42. The number of hydrogen-bond donors (Lipinski definition) is 1. The van der Waals surface area contributed by atoms with Crippen LogP contribution in [0.5, 0.6) is 11.5 Å². The molecule has 0 saturated carbocycles. The van der Waals surface area contributed by atoms with Gasteiger partial charge in [0.05, 0.1) is 19.9 Å². The summed E-state index contributed by atoms with van der Waals surface area (Å²) in [5.74, 6) is 1.49. The highest BCUT2D eigenvalue weighted by molar-refractivity contribution is 7.17. The molecule has 1 aliphatic rings. The van der Waals surface area contributed by atoms with Gasteiger partial charge in [0, 0.05) is 37.1 Å². The molecule has 0 saturated heterocycles. The number of aromatic nitrogens is 1. The van der Waals surface area contributed by atoms with E-state index in [4.69, 9.17) is 9.47 Å². The highest BCUT2D eigenvalue weighted by atomic mass is 32.1. The van der Waals surface area contributed by atoms with E-state index in [-0.39, 0.29) is 5.91 Å². The van der Waals surface area contributed by atoms with Crippen molar-refractivity contribution in [2.24, 2.45) is 0 Å². The van der Waals surface area contributed by atoms with Crippen LogP contribution in [-0.4, -0.2) is 49.6 Å². The summed E-state index contributed by atoms with van der Waals surface area (Å²) in [5, 5.41) is 8.03. The molecule has 1 N–H and O–H groups in total. The number of hydrogen-bond acceptors (Lipinski definition) is 7. The highest BCUT2D eigenvalue weighted by Gasteiger charge is 2.20. The molecule has 0 spiro atoms. The normalized spacial score (nSPS) is 13.7. The fourth-order valence-electron chi connectivity index (χ4n) is 3.66. The third-order valence-corrected chi connectivity index (χ3v) is 7.17. The van der Waals surface area contributed by atoms with E-state index >= 15 is 0 Å². The molecule has 1 aliphatic heterocycles. The van der Waals surface area contributed by atoms with Gasteiger partial charge in [-0.1, -0.05) is 0 Å². The average molecular weight is 444 g/mol. The Morgan fingerprint density at radius 1 is 1.23 bits per heavy atom. The van der Waals surface area contributed by atoms with Gasteiger partial charge in [-0.2, -0.15) is 11.3 Å². The molecule has 158 valence electrons. The minimum atomic E-state index is -0.0460. The summed E-state index contributed by atoms with van der Waals surface area (Å²) in [7, 11) is 3.32. The van der Waals surface area contributed by atoms with Gasteiger partial charge in [-0.15, -0.1) is 11.3 Å². The molecule has 0 fully saturated rings. The molecule has 0 atom stereocenters. The first-order chi connectivity index (χ1) is 14.6. The lowest BCUT2D eigenvalue weighted by atomic mass is 9.99. The number of rotatable bonds is 7. The van der Waals surface area contributed by atoms with Crippen molar-refractivity contribution in [1.82, 2.24) is 15.2 Å². The first-order valence-electron chi connectivity index (χ1n) is 9.83. The number of carbonyl (C=O) groups excluding carboxylic acids is 1. The summed E-state index contributed by atoms with van der Waals surface area (Å²) < 4.78 is 10.8. The fraction of sp³-hybridized carbons (Fsp3) is 0.364. The van der Waals surface area contributed by atoms with Gasteiger partial charge in [-0.05, 0) is 48.1 Å². The second kappa shape index (κ2) is 9.16. The van der Waals surface area contributed by atoms with E-state index in [2.05, 4.69) is 32.7 Å². The largest absolute Gasteiger partial charge is 0.493 e. The van der Waals surface area contributed by atoms with Crippen LogP contribution in [0, 0.1) is 6.92 Å². The van der Waals surface area contributed by atoms with Crippen molar-refractivity contribution < 1.29 is 14.3 Å². The molecule has 2 aromatic heterocycles. The summed E-state index contributed by atoms with van der Waals surface area (Å²) in [5.41, 5.74) is 4.41. The quantitative estimate of drug-likeness (QED) is 0.598. The Kier molecular flexibility index (Phi) is 6.36. The van der Waals surface area contributed by atoms with E-state index in [9.17, 15) is 4.79 Å². The van der Waals surface area contributed by atoms with Crippen LogP contribution in [0.2, 0.25) is 0 Å². The van der Waals surface area contributed by atoms with Crippen LogP contribution in [-0.2, 0) is 13.0 Å². The van der Waals surface area contributed by atoms with Gasteiger partial charge in [-0.3, -0.25) is 9.69 Å². The number of thiophene rings is 1. The summed E-state index contributed by atoms with van der Waals surface area (Å²) in [6.45, 7) is 5.10. The lowest BCUT2D eigenvalue weighted by Gasteiger charge is -2.29. The number of benzene rings is 1. The van der Waals surface area contributed by atoms with Gasteiger partial charge in [0.1, 0.15) is 9.88 Å². The predicted molar refractivity (Wildman–Crippen MR) is 121 cm³/mol. The molecule has 30 heavy (non-hydrogen) atoms. The molecule has 3 aromatic rings. The van der Waals surface area contributed by atoms with E-state index in [1.165, 1.54) is 22.5 Å². The minimum Gasteiger partial charge on any atom is -0.493 e. The van der Waals surface area contributed by atoms with Gasteiger partial charge in [-0.25, -0.2) is 4.98 Å². The maximum atomic E-state index is 12.7. The van der Waals surface area contributed by atoms with Crippen molar-refractivity contribution in [3.05, 3.63) is 50.7 Å². The number of aryl methyl sites for hydroxylation is 1. The molecule has 0 radical (unpaired) electrons. The van der Waals surface area contributed by atoms with Crippen LogP contribution in [0.1, 0.15) is 26.5 Å². The number of nitrogens with zero attached hydrogens (tertiary/aromatic N) is 2. The van der Waals surface area contributed by atoms with Gasteiger partial charge in [0.25, 0.3) is 5.91 Å². The molecule has 8 heteroatoms. The Bertz CT molecular complexity index is 1030. The number of thiazole rings is 1. The van der Waals surface area contributed by atoms with E-state index < -0.39 is 0 Å². The summed E-state index contributed by atoms with van der Waals surface area (Å²) in [6, 6.07) is 6.17. The van der Waals surface area contributed by atoms with Crippen molar-refractivity contribution >= 4 is 28.6 Å². The van der Waals surface area contributed by atoms with Crippen molar-refractivity contribution in [3.8, 4) is 22.1 Å². The molecule has 1 aromatic carbocycles. The third kappa shape index (κ3) is 4.35. The topological polar surface area (TPSA) is 63.7 Å². The van der Waals surface area contributed by atoms with Crippen molar-refractivity contribution in [1.29, 1.82) is 0 Å². The van der Waals surface area contributed by atoms with Crippen molar-refractivity contribution in [2.75, 3.05) is 33.9 Å². The Morgan fingerprint density at radius 3 is 2.70 bits per heavy atom. The van der Waals surface area contributed by atoms with Crippen LogP contribution in [0.3, 0.4) is 0 Å². The molecule has 4 rings (SSSR count). The molecule has 3 heterocycles. The van der Waals surface area contributed by atoms with E-state index in [0.717, 1.165) is 53.8 Å². The SMILES string of the molecule is COc1cc2c(cc1OC)CN(CCNC(=O)c1sc(-c3ccsc3)nc1C)CC2. The standard InChI is InChI=1S/C22H25N3O3S2/c1-14-20(30-22(24-14)16-5-9-29-13-16)21(26)23-6-8-25-7-4-15-10-18(27-2)19(28-3)11-17(15)12-25/h5,9-11,13H,4,6-8,12H2,1-3H3,(H,23,26). The van der Waals surface area contributed by atoms with Crippen LogP contribution >= 0.6 is 22.7 Å². The molecule has 0 aliphatic carbocycles. The Balaban J connectivity index is 1.34. The first-order valence-corrected chi connectivity index (χ1v) is 11.6. The first kappa shape index (κ1) is 20.8. The number of carbonyl (C=O) groups is 1. The molecule has 6 nitrogen and oxygen atoms in total. The second-order valence-corrected chi connectivity index (χ2v) is 8.98. The van der Waals surface area contributed by atoms with Crippen LogP contribution in [0.4, 0.5) is 0 Å². The maximum Gasteiger partial charge on any atom is 0.263 e. The van der Waals surface area contributed by atoms with Gasteiger partial charge in [0.2, 0.25) is 0 Å². The van der Waals surface area contributed by atoms with Crippen molar-refractivity contribution in [3.63, 3.8) is 0 Å². The highest BCUT2D eigenvalue weighted by Crippen LogP contribution is 2.33. The molecule has 0 bridgehead atoms. The number of methoxy groups -OCH3 is 2. The van der Waals surface area contributed by atoms with E-state index in [1.807, 2.05) is 18.4 Å². The lowest BCUT2D eigenvalue weighted by Crippen LogP contribution is -2.37. The number of nitrogens with one attached hydrogen (secondary N) is 1. The average Bonchev–Trinajstić information content (AvgIpc) is 3.42. The smallest absolute Gasteiger partial charge is 0.263 e. The number of ether oxygens (including phenoxy) is 2. The second-order valence-electron chi connectivity index (χ2n) is 7.20. The van der Waals surface area contributed by atoms with Crippen LogP contribution < -0.4 is 14.8 Å². The summed E-state index contributed by atoms with van der Waals surface area (Å²) in [6.07, 6.45) is 0.960. The predicted octanol–water partition coefficient (Wildman–Crippen LogP) is 3.99. The van der Waals surface area contributed by atoms with E-state index in [1.54, 1.807) is 25.6 Å². The van der Waals surface area contributed by atoms with Crippen molar-refractivity contribution in [2.45, 2.75) is 19.9 Å². The minimum absolute atomic E-state index is 0.0460. The Morgan fingerprint density at radius 2 is 2.00 bits per heavy atom. The molecule has 1 amide bonds. The molecular weight excluding hydrogens is 418 g/mol. The third-order valence-electron chi connectivity index (χ3n) is 5.28. The lowest BCUT2D eigenvalue weighted by molar-refractivity contribution is 0.0950. The van der Waals surface area contributed by atoms with Crippen LogP contribution in [0.25, 0.3) is 10.6 Å². The zero-order chi connectivity index (χ0) is 21.1. The maximum absolute atomic E-state index is 12.7. The Labute approximate surface area is 184 Å². The van der Waals surface area contributed by atoms with Gasteiger partial charge in [0.15, 0.2) is 11.5 Å². The summed E-state index contributed by atoms with van der Waals surface area (Å²) in [4.78, 5) is 20.3. The fourth-order valence-corrected chi connectivity index (χ4v) is 5.35.